The maximum absolute atomic E-state index is 12.5. The molecule has 0 aromatic heterocycles. The molecule has 1 aromatic rings. The summed E-state index contributed by atoms with van der Waals surface area (Å²) in [5.74, 6) is 3.95. The highest BCUT2D eigenvalue weighted by atomic mass is 35.5. The molecule has 3 aliphatic heterocycles. The predicted molar refractivity (Wildman–Crippen MR) is 105 cm³/mol. The van der Waals surface area contributed by atoms with Crippen molar-refractivity contribution < 1.29 is 8.42 Å². The summed E-state index contributed by atoms with van der Waals surface area (Å²) in [6.07, 6.45) is 7.62. The van der Waals surface area contributed by atoms with Crippen molar-refractivity contribution >= 4 is 21.6 Å². The molecule has 0 amide bonds. The first-order valence-corrected chi connectivity index (χ1v) is 10.9. The molecule has 0 aliphatic carbocycles. The lowest BCUT2D eigenvalue weighted by molar-refractivity contribution is -0.00623. The Morgan fingerprint density at radius 2 is 2.12 bits per heavy atom. The number of hydrogen-bond donors (Lipinski definition) is 1. The van der Waals surface area contributed by atoms with Crippen LogP contribution in [0.4, 0.5) is 0 Å². The summed E-state index contributed by atoms with van der Waals surface area (Å²) in [4.78, 5) is 4.88. The fourth-order valence-electron chi connectivity index (χ4n) is 4.19. The van der Waals surface area contributed by atoms with Gasteiger partial charge in [0.25, 0.3) is 0 Å². The van der Waals surface area contributed by atoms with Gasteiger partial charge in [0.2, 0.25) is 10.0 Å². The van der Waals surface area contributed by atoms with Crippen molar-refractivity contribution in [1.29, 1.82) is 0 Å². The molecule has 0 saturated carbocycles. The van der Waals surface area contributed by atoms with Crippen LogP contribution in [0.25, 0.3) is 0 Å². The molecule has 3 saturated heterocycles. The van der Waals surface area contributed by atoms with Crippen LogP contribution in [-0.4, -0.2) is 64.0 Å². The van der Waals surface area contributed by atoms with Crippen LogP contribution in [0.3, 0.4) is 0 Å². The predicted octanol–water partition coefficient (Wildman–Crippen LogP) is 1.89. The second-order valence-corrected chi connectivity index (χ2v) is 9.60. The summed E-state index contributed by atoms with van der Waals surface area (Å²) in [6, 6.07) is 6.54. The highest BCUT2D eigenvalue weighted by Gasteiger charge is 2.40. The summed E-state index contributed by atoms with van der Waals surface area (Å²) < 4.78 is 27.7. The van der Waals surface area contributed by atoms with E-state index in [1.165, 1.54) is 18.6 Å². The molecule has 3 fully saturated rings. The number of rotatable bonds is 7. The Bertz CT molecular complexity index is 760. The molecule has 26 heavy (non-hydrogen) atoms. The van der Waals surface area contributed by atoms with E-state index in [0.717, 1.165) is 26.1 Å². The average Bonchev–Trinajstić information content (AvgIpc) is 2.61. The molecule has 5 nitrogen and oxygen atoms in total. The zero-order chi connectivity index (χ0) is 18.7. The molecule has 142 valence electrons. The number of sulfonamides is 1. The van der Waals surface area contributed by atoms with Crippen molar-refractivity contribution in [3.05, 3.63) is 29.3 Å². The minimum atomic E-state index is -3.50. The van der Waals surface area contributed by atoms with Crippen LogP contribution < -0.4 is 4.72 Å². The van der Waals surface area contributed by atoms with Gasteiger partial charge in [0.05, 0.1) is 11.4 Å². The number of nitrogens with zero attached hydrogens (tertiary/aromatic N) is 2. The number of fused-ring (bicyclic) bond motifs is 3. The van der Waals surface area contributed by atoms with Gasteiger partial charge in [0, 0.05) is 30.7 Å². The molecule has 1 N–H and O–H groups in total. The average molecular weight is 396 g/mol. The molecule has 1 unspecified atom stereocenters. The molecule has 0 radical (unpaired) electrons. The first-order valence-electron chi connectivity index (χ1n) is 9.00. The van der Waals surface area contributed by atoms with Crippen LogP contribution >= 0.6 is 11.6 Å². The second-order valence-electron chi connectivity index (χ2n) is 7.40. The summed E-state index contributed by atoms with van der Waals surface area (Å²) in [5, 5.41) is 0.528. The van der Waals surface area contributed by atoms with Gasteiger partial charge >= 0.3 is 0 Å². The fourth-order valence-corrected chi connectivity index (χ4v) is 5.39. The normalized spacial score (nSPS) is 28.2. The van der Waals surface area contributed by atoms with Gasteiger partial charge < -0.3 is 0 Å². The van der Waals surface area contributed by atoms with Crippen molar-refractivity contribution in [3.8, 4) is 12.3 Å². The Hall–Kier alpha value is -1.10. The first kappa shape index (κ1) is 19.7. The molecule has 0 spiro atoms. The zero-order valence-corrected chi connectivity index (χ0v) is 16.6. The molecule has 2 bridgehead atoms. The zero-order valence-electron chi connectivity index (χ0n) is 15.1. The van der Waals surface area contributed by atoms with E-state index in [0.29, 0.717) is 29.9 Å². The van der Waals surface area contributed by atoms with Crippen LogP contribution in [0.1, 0.15) is 12.8 Å². The van der Waals surface area contributed by atoms with Gasteiger partial charge in [-0.25, -0.2) is 13.1 Å². The van der Waals surface area contributed by atoms with Crippen LogP contribution in [-0.2, 0) is 10.0 Å². The molecule has 3 aliphatic rings. The van der Waals surface area contributed by atoms with Gasteiger partial charge in [0.1, 0.15) is 0 Å². The smallest absolute Gasteiger partial charge is 0.240 e. The van der Waals surface area contributed by atoms with Crippen molar-refractivity contribution in [3.63, 3.8) is 0 Å². The third-order valence-electron chi connectivity index (χ3n) is 5.55. The van der Waals surface area contributed by atoms with Gasteiger partial charge in [-0.1, -0.05) is 17.5 Å². The van der Waals surface area contributed by atoms with Gasteiger partial charge in [-0.15, -0.1) is 6.42 Å². The summed E-state index contributed by atoms with van der Waals surface area (Å²) in [6.45, 7) is 4.21. The van der Waals surface area contributed by atoms with E-state index in [2.05, 4.69) is 27.5 Å². The lowest BCUT2D eigenvalue weighted by atomic mass is 9.75. The van der Waals surface area contributed by atoms with Crippen LogP contribution in [0.5, 0.6) is 0 Å². The van der Waals surface area contributed by atoms with Crippen molar-refractivity contribution in [2.75, 3.05) is 39.8 Å². The van der Waals surface area contributed by atoms with E-state index >= 15 is 0 Å². The quantitative estimate of drug-likeness (QED) is 0.716. The first-order chi connectivity index (χ1) is 12.4. The number of benzene rings is 1. The third kappa shape index (κ3) is 4.59. The number of piperidine rings is 3. The maximum Gasteiger partial charge on any atom is 0.240 e. The second kappa shape index (κ2) is 8.28. The minimum absolute atomic E-state index is 0.256. The Morgan fingerprint density at radius 3 is 2.73 bits per heavy atom. The van der Waals surface area contributed by atoms with E-state index in [1.54, 1.807) is 12.1 Å². The Balaban J connectivity index is 1.56. The third-order valence-corrected chi connectivity index (χ3v) is 7.25. The molecule has 1 aromatic carbocycles. The van der Waals surface area contributed by atoms with Crippen LogP contribution in [0, 0.1) is 24.2 Å². The topological polar surface area (TPSA) is 52.6 Å². The van der Waals surface area contributed by atoms with Gasteiger partial charge in [0.15, 0.2) is 0 Å². The Kier molecular flexibility index (Phi) is 6.26. The molecule has 4 rings (SSSR count). The molecule has 4 atom stereocenters. The number of nitrogens with one attached hydrogen (secondary N) is 1. The number of hydrogen-bond acceptors (Lipinski definition) is 4. The Morgan fingerprint density at radius 1 is 1.38 bits per heavy atom. The van der Waals surface area contributed by atoms with Crippen LogP contribution in [0.2, 0.25) is 5.02 Å². The van der Waals surface area contributed by atoms with Gasteiger partial charge in [-0.05, 0) is 62.5 Å². The summed E-state index contributed by atoms with van der Waals surface area (Å²) in [5.41, 5.74) is 0. The van der Waals surface area contributed by atoms with E-state index in [4.69, 9.17) is 18.0 Å². The Labute approximate surface area is 161 Å². The standard InChI is InChI=1S/C19H26ClN3O2S/c1-3-9-22(2)13-16-14-23-10-8-15(16)11-18(23)12-21-26(24,25)19-6-4-17(20)5-7-19/h1,4-7,15-16,18,21H,8-14H2,2H3/t15-,16-,18+/m0/s1. The highest BCUT2D eigenvalue weighted by molar-refractivity contribution is 7.89. The molecular formula is C19H26ClN3O2S. The highest BCUT2D eigenvalue weighted by Crippen LogP contribution is 2.36. The van der Waals surface area contributed by atoms with Crippen molar-refractivity contribution in [2.45, 2.75) is 23.8 Å². The summed E-state index contributed by atoms with van der Waals surface area (Å²) in [7, 11) is -1.43. The molecule has 3 heterocycles. The van der Waals surface area contributed by atoms with E-state index < -0.39 is 10.0 Å². The van der Waals surface area contributed by atoms with Gasteiger partial charge in [-0.2, -0.15) is 0 Å². The van der Waals surface area contributed by atoms with Crippen molar-refractivity contribution in [1.82, 2.24) is 14.5 Å². The van der Waals surface area contributed by atoms with E-state index in [1.807, 2.05) is 0 Å². The van der Waals surface area contributed by atoms with E-state index in [9.17, 15) is 8.42 Å². The summed E-state index contributed by atoms with van der Waals surface area (Å²) >= 11 is 5.84. The van der Waals surface area contributed by atoms with Crippen molar-refractivity contribution in [2.24, 2.45) is 11.8 Å². The van der Waals surface area contributed by atoms with Crippen LogP contribution in [0.15, 0.2) is 29.2 Å². The monoisotopic (exact) mass is 395 g/mol. The lowest BCUT2D eigenvalue weighted by Gasteiger charge is -2.50. The van der Waals surface area contributed by atoms with Gasteiger partial charge in [-0.3, -0.25) is 9.80 Å². The number of halogens is 1. The largest absolute Gasteiger partial charge is 0.299 e. The SMILES string of the molecule is C#CCN(C)C[C@H]1CN2CC[C@H]1C[C@@H]2CNS(=O)(=O)c1ccc(Cl)cc1. The fraction of sp³-hybridized carbons (Fsp3) is 0.579. The number of terminal acetylenes is 1. The molecular weight excluding hydrogens is 370 g/mol. The maximum atomic E-state index is 12.5. The van der Waals surface area contributed by atoms with E-state index in [-0.39, 0.29) is 10.9 Å². The minimum Gasteiger partial charge on any atom is -0.299 e. The molecule has 7 heteroatoms. The lowest BCUT2D eigenvalue weighted by Crippen LogP contribution is -2.58.